The van der Waals surface area contributed by atoms with E-state index in [0.717, 1.165) is 10.2 Å². The Hall–Kier alpha value is -2.46. The first-order valence-electron chi connectivity index (χ1n) is 8.65. The van der Waals surface area contributed by atoms with E-state index in [0.29, 0.717) is 24.0 Å². The molecule has 30 heavy (non-hydrogen) atoms. The van der Waals surface area contributed by atoms with Crippen LogP contribution in [0, 0.1) is 10.1 Å². The molecule has 0 aliphatic rings. The van der Waals surface area contributed by atoms with Crippen LogP contribution < -0.4 is 9.64 Å². The summed E-state index contributed by atoms with van der Waals surface area (Å²) in [6.07, 6.45) is 0. The number of likely N-dealkylation sites (N-methyl/N-ethyl adjacent to an activating group) is 1. The van der Waals surface area contributed by atoms with E-state index >= 15 is 0 Å². The number of amides is 1. The maximum Gasteiger partial charge on any atom is 0.270 e. The maximum absolute atomic E-state index is 13.3. The van der Waals surface area contributed by atoms with Crippen LogP contribution in [0.2, 0.25) is 5.02 Å². The molecule has 3 aromatic rings. The summed E-state index contributed by atoms with van der Waals surface area (Å²) < 4.78 is 6.12. The van der Waals surface area contributed by atoms with E-state index in [1.165, 1.54) is 34.4 Å². The van der Waals surface area contributed by atoms with Crippen LogP contribution in [0.1, 0.15) is 10.4 Å². The molecule has 0 aliphatic heterocycles. The molecule has 8 nitrogen and oxygen atoms in total. The number of non-ortho nitro benzene ring substituents is 1. The highest BCUT2D eigenvalue weighted by atomic mass is 35.5. The fourth-order valence-electron chi connectivity index (χ4n) is 2.66. The predicted octanol–water partition coefficient (Wildman–Crippen LogP) is 4.50. The Morgan fingerprint density at radius 3 is 2.60 bits per heavy atom. The number of hydrogen-bond donors (Lipinski definition) is 0. The molecule has 3 rings (SSSR count). The number of carbonyl (C=O) groups excluding carboxylic acids is 1. The molecule has 0 saturated carbocycles. The van der Waals surface area contributed by atoms with E-state index in [2.05, 4.69) is 4.98 Å². The van der Waals surface area contributed by atoms with Crippen molar-refractivity contribution in [3.63, 3.8) is 0 Å². The lowest BCUT2D eigenvalue weighted by Gasteiger charge is -2.22. The average Bonchev–Trinajstić information content (AvgIpc) is 3.10. The number of fused-ring (bicyclic) bond motifs is 1. The van der Waals surface area contributed by atoms with E-state index in [1.807, 2.05) is 31.1 Å². The third kappa shape index (κ3) is 5.17. The minimum atomic E-state index is -0.554. The van der Waals surface area contributed by atoms with Crippen LogP contribution >= 0.6 is 35.3 Å². The fraction of sp³-hybridized carbons (Fsp3) is 0.263. The van der Waals surface area contributed by atoms with Crippen LogP contribution in [0.3, 0.4) is 0 Å². The summed E-state index contributed by atoms with van der Waals surface area (Å²) >= 11 is 7.54. The lowest BCUT2D eigenvalue weighted by atomic mass is 10.1. The van der Waals surface area contributed by atoms with E-state index in [-0.39, 0.29) is 28.7 Å². The van der Waals surface area contributed by atoms with Crippen LogP contribution in [-0.2, 0) is 0 Å². The molecular weight excluding hydrogens is 451 g/mol. The van der Waals surface area contributed by atoms with Crippen LogP contribution in [0.5, 0.6) is 5.75 Å². The van der Waals surface area contributed by atoms with E-state index in [4.69, 9.17) is 16.3 Å². The van der Waals surface area contributed by atoms with Crippen LogP contribution in [0.15, 0.2) is 36.4 Å². The Kier molecular flexibility index (Phi) is 7.96. The second-order valence-corrected chi connectivity index (χ2v) is 7.93. The zero-order valence-corrected chi connectivity index (χ0v) is 18.9. The number of nitrogens with zero attached hydrogens (tertiary/aromatic N) is 4. The van der Waals surface area contributed by atoms with Gasteiger partial charge in [0.05, 0.1) is 32.8 Å². The summed E-state index contributed by atoms with van der Waals surface area (Å²) in [6.45, 7) is 0.930. The molecule has 1 amide bonds. The van der Waals surface area contributed by atoms with Gasteiger partial charge >= 0.3 is 0 Å². The molecule has 1 aromatic heterocycles. The van der Waals surface area contributed by atoms with Gasteiger partial charge in [-0.25, -0.2) is 4.98 Å². The van der Waals surface area contributed by atoms with E-state index in [9.17, 15) is 14.9 Å². The van der Waals surface area contributed by atoms with Crippen LogP contribution in [-0.4, -0.2) is 55.0 Å². The molecule has 11 heteroatoms. The van der Waals surface area contributed by atoms with Crippen molar-refractivity contribution in [1.29, 1.82) is 0 Å². The summed E-state index contributed by atoms with van der Waals surface area (Å²) in [5.74, 6) is 0.257. The van der Waals surface area contributed by atoms with Gasteiger partial charge in [-0.05, 0) is 38.4 Å². The molecule has 0 unspecified atom stereocenters. The fourth-order valence-corrected chi connectivity index (χ4v) is 3.87. The van der Waals surface area contributed by atoms with Crippen molar-refractivity contribution in [2.24, 2.45) is 0 Å². The van der Waals surface area contributed by atoms with E-state index in [1.54, 1.807) is 13.2 Å². The molecule has 0 fully saturated rings. The number of thiazole rings is 1. The van der Waals surface area contributed by atoms with Crippen LogP contribution in [0.4, 0.5) is 10.8 Å². The van der Waals surface area contributed by atoms with Gasteiger partial charge in [-0.3, -0.25) is 19.8 Å². The third-order valence-electron chi connectivity index (χ3n) is 4.22. The Labute approximate surface area is 188 Å². The number of nitro benzene ring substituents is 1. The van der Waals surface area contributed by atoms with Gasteiger partial charge in [0, 0.05) is 25.2 Å². The lowest BCUT2D eigenvalue weighted by molar-refractivity contribution is -0.384. The normalized spacial score (nSPS) is 10.7. The SMILES string of the molecule is COc1ccc2nc(N(CCN(C)C)C(=O)c3cc([N+](=O)[O-])ccc3Cl)sc2c1.Cl. The number of benzene rings is 2. The van der Waals surface area contributed by atoms with Crippen molar-refractivity contribution < 1.29 is 14.5 Å². The zero-order valence-electron chi connectivity index (χ0n) is 16.5. The minimum absolute atomic E-state index is 0. The Morgan fingerprint density at radius 2 is 1.97 bits per heavy atom. The highest BCUT2D eigenvalue weighted by molar-refractivity contribution is 7.22. The summed E-state index contributed by atoms with van der Waals surface area (Å²) in [4.78, 5) is 31.9. The number of ether oxygens (including phenoxy) is 1. The van der Waals surface area contributed by atoms with Gasteiger partial charge in [0.15, 0.2) is 5.13 Å². The van der Waals surface area contributed by atoms with Crippen LogP contribution in [0.25, 0.3) is 10.2 Å². The monoisotopic (exact) mass is 470 g/mol. The van der Waals surface area contributed by atoms with Crippen molar-refractivity contribution in [3.05, 3.63) is 57.1 Å². The molecular formula is C19H20Cl2N4O4S. The first-order chi connectivity index (χ1) is 13.8. The Bertz CT molecular complexity index is 1070. The summed E-state index contributed by atoms with van der Waals surface area (Å²) in [7, 11) is 5.37. The Morgan fingerprint density at radius 1 is 1.23 bits per heavy atom. The molecule has 0 radical (unpaired) electrons. The topological polar surface area (TPSA) is 88.8 Å². The van der Waals surface area contributed by atoms with Gasteiger partial charge in [-0.2, -0.15) is 0 Å². The predicted molar refractivity (Wildman–Crippen MR) is 122 cm³/mol. The first kappa shape index (κ1) is 23.8. The quantitative estimate of drug-likeness (QED) is 0.373. The van der Waals surface area contributed by atoms with Crippen molar-refractivity contribution >= 4 is 62.3 Å². The van der Waals surface area contributed by atoms with Crippen molar-refractivity contribution in [2.75, 3.05) is 39.2 Å². The number of methoxy groups -OCH3 is 1. The first-order valence-corrected chi connectivity index (χ1v) is 9.84. The number of nitro groups is 1. The smallest absolute Gasteiger partial charge is 0.270 e. The average molecular weight is 471 g/mol. The number of hydrogen-bond acceptors (Lipinski definition) is 7. The van der Waals surface area contributed by atoms with Gasteiger partial charge in [-0.1, -0.05) is 22.9 Å². The zero-order chi connectivity index (χ0) is 21.1. The van der Waals surface area contributed by atoms with Gasteiger partial charge in [0.1, 0.15) is 5.75 Å². The van der Waals surface area contributed by atoms with Crippen molar-refractivity contribution in [2.45, 2.75) is 0 Å². The molecule has 160 valence electrons. The second-order valence-electron chi connectivity index (χ2n) is 6.51. The third-order valence-corrected chi connectivity index (χ3v) is 5.59. The minimum Gasteiger partial charge on any atom is -0.497 e. The molecule has 1 heterocycles. The number of anilines is 1. The van der Waals surface area contributed by atoms with Gasteiger partial charge < -0.3 is 9.64 Å². The van der Waals surface area contributed by atoms with E-state index < -0.39 is 10.8 Å². The lowest BCUT2D eigenvalue weighted by Crippen LogP contribution is -2.37. The molecule has 0 N–H and O–H groups in total. The number of carbonyl (C=O) groups is 1. The molecule has 0 saturated heterocycles. The molecule has 0 spiro atoms. The van der Waals surface area contributed by atoms with Gasteiger partial charge in [0.25, 0.3) is 11.6 Å². The van der Waals surface area contributed by atoms with Gasteiger partial charge in [-0.15, -0.1) is 12.4 Å². The maximum atomic E-state index is 13.3. The number of rotatable bonds is 7. The molecule has 0 atom stereocenters. The highest BCUT2D eigenvalue weighted by Gasteiger charge is 2.25. The Balaban J connectivity index is 0.00000320. The number of aromatic nitrogens is 1. The number of halogens is 2. The van der Waals surface area contributed by atoms with Crippen molar-refractivity contribution in [1.82, 2.24) is 9.88 Å². The molecule has 0 aliphatic carbocycles. The molecule has 2 aromatic carbocycles. The molecule has 0 bridgehead atoms. The highest BCUT2D eigenvalue weighted by Crippen LogP contribution is 2.33. The summed E-state index contributed by atoms with van der Waals surface area (Å²) in [5.41, 5.74) is 0.606. The standard InChI is InChI=1S/C19H19ClN4O4S.ClH/c1-22(2)8-9-23(18(25)14-10-12(24(26)27)4-6-15(14)20)19-21-16-7-5-13(28-3)11-17(16)29-19;/h4-7,10-11H,8-9H2,1-3H3;1H. The largest absolute Gasteiger partial charge is 0.497 e. The van der Waals surface area contributed by atoms with Gasteiger partial charge in [0.2, 0.25) is 0 Å². The summed E-state index contributed by atoms with van der Waals surface area (Å²) in [6, 6.07) is 9.31. The van der Waals surface area contributed by atoms with Crippen molar-refractivity contribution in [3.8, 4) is 5.75 Å². The summed E-state index contributed by atoms with van der Waals surface area (Å²) in [5, 5.41) is 11.8. The second kappa shape index (κ2) is 10.0.